The van der Waals surface area contributed by atoms with Crippen LogP contribution < -0.4 is 10.2 Å². The SMILES string of the molecule is CCn1cnnc1CNC(=NC)N1CCN(c2ccccn2)CC1. The Labute approximate surface area is 142 Å². The number of rotatable bonds is 4. The van der Waals surface area contributed by atoms with E-state index in [2.05, 4.69) is 48.3 Å². The van der Waals surface area contributed by atoms with Gasteiger partial charge in [-0.2, -0.15) is 0 Å². The first-order valence-corrected chi connectivity index (χ1v) is 8.30. The van der Waals surface area contributed by atoms with Gasteiger partial charge in [-0.1, -0.05) is 6.07 Å². The number of hydrogen-bond donors (Lipinski definition) is 1. The molecule has 2 aromatic heterocycles. The molecule has 0 saturated carbocycles. The van der Waals surface area contributed by atoms with Crippen LogP contribution in [-0.2, 0) is 13.1 Å². The number of aryl methyl sites for hydroxylation is 1. The van der Waals surface area contributed by atoms with E-state index in [1.807, 2.05) is 29.9 Å². The summed E-state index contributed by atoms with van der Waals surface area (Å²) >= 11 is 0. The summed E-state index contributed by atoms with van der Waals surface area (Å²) in [6.45, 7) is 7.27. The van der Waals surface area contributed by atoms with Crippen LogP contribution in [0.5, 0.6) is 0 Å². The molecule has 24 heavy (non-hydrogen) atoms. The van der Waals surface area contributed by atoms with Crippen LogP contribution in [0.3, 0.4) is 0 Å². The first-order valence-electron chi connectivity index (χ1n) is 8.30. The van der Waals surface area contributed by atoms with Crippen molar-refractivity contribution in [2.24, 2.45) is 4.99 Å². The minimum atomic E-state index is 0.626. The molecule has 0 atom stereocenters. The van der Waals surface area contributed by atoms with E-state index in [0.717, 1.165) is 50.3 Å². The molecular weight excluding hydrogens is 304 g/mol. The van der Waals surface area contributed by atoms with Crippen LogP contribution in [0, 0.1) is 0 Å². The van der Waals surface area contributed by atoms with Gasteiger partial charge in [-0.3, -0.25) is 4.99 Å². The number of aromatic nitrogens is 4. The standard InChI is InChI=1S/C16H24N8/c1-3-22-13-20-21-15(22)12-19-16(17-2)24-10-8-23(9-11-24)14-6-4-5-7-18-14/h4-7,13H,3,8-12H2,1-2H3,(H,17,19). The van der Waals surface area contributed by atoms with Crippen molar-refractivity contribution in [3.05, 3.63) is 36.5 Å². The Balaban J connectivity index is 1.54. The number of guanidine groups is 1. The Morgan fingerprint density at radius 3 is 2.75 bits per heavy atom. The van der Waals surface area contributed by atoms with E-state index >= 15 is 0 Å². The van der Waals surface area contributed by atoms with Crippen molar-refractivity contribution < 1.29 is 0 Å². The van der Waals surface area contributed by atoms with Crippen LogP contribution in [0.2, 0.25) is 0 Å². The number of nitrogens with zero attached hydrogens (tertiary/aromatic N) is 7. The van der Waals surface area contributed by atoms with Crippen molar-refractivity contribution >= 4 is 11.8 Å². The molecule has 3 rings (SSSR count). The molecule has 0 bridgehead atoms. The van der Waals surface area contributed by atoms with Crippen LogP contribution in [0.4, 0.5) is 5.82 Å². The average Bonchev–Trinajstić information content (AvgIpc) is 3.11. The van der Waals surface area contributed by atoms with Gasteiger partial charge in [0.1, 0.15) is 12.1 Å². The van der Waals surface area contributed by atoms with E-state index < -0.39 is 0 Å². The summed E-state index contributed by atoms with van der Waals surface area (Å²) < 4.78 is 2.03. The van der Waals surface area contributed by atoms with Crippen molar-refractivity contribution in [2.45, 2.75) is 20.0 Å². The normalized spacial score (nSPS) is 15.7. The topological polar surface area (TPSA) is 74.5 Å². The Morgan fingerprint density at radius 2 is 2.08 bits per heavy atom. The third-order valence-electron chi connectivity index (χ3n) is 4.21. The highest BCUT2D eigenvalue weighted by Crippen LogP contribution is 2.12. The molecule has 0 unspecified atom stereocenters. The lowest BCUT2D eigenvalue weighted by atomic mass is 10.3. The van der Waals surface area contributed by atoms with Crippen molar-refractivity contribution in [1.29, 1.82) is 0 Å². The molecule has 0 amide bonds. The molecule has 0 radical (unpaired) electrons. The zero-order chi connectivity index (χ0) is 16.8. The largest absolute Gasteiger partial charge is 0.353 e. The molecule has 128 valence electrons. The summed E-state index contributed by atoms with van der Waals surface area (Å²) in [6, 6.07) is 6.03. The molecule has 1 fully saturated rings. The molecule has 1 aliphatic rings. The highest BCUT2D eigenvalue weighted by Gasteiger charge is 2.20. The maximum Gasteiger partial charge on any atom is 0.194 e. The van der Waals surface area contributed by atoms with Crippen molar-refractivity contribution in [3.63, 3.8) is 0 Å². The van der Waals surface area contributed by atoms with E-state index in [-0.39, 0.29) is 0 Å². The third-order valence-corrected chi connectivity index (χ3v) is 4.21. The third kappa shape index (κ3) is 3.64. The van der Waals surface area contributed by atoms with Crippen LogP contribution in [-0.4, -0.2) is 63.8 Å². The lowest BCUT2D eigenvalue weighted by molar-refractivity contribution is 0.370. The predicted octanol–water partition coefficient (Wildman–Crippen LogP) is 0.591. The van der Waals surface area contributed by atoms with Crippen LogP contribution in [0.15, 0.2) is 35.7 Å². The van der Waals surface area contributed by atoms with Crippen molar-refractivity contribution in [1.82, 2.24) is 30.0 Å². The number of hydrogen-bond acceptors (Lipinski definition) is 5. The second-order valence-corrected chi connectivity index (χ2v) is 5.60. The zero-order valence-corrected chi connectivity index (χ0v) is 14.3. The number of pyridine rings is 1. The molecule has 8 nitrogen and oxygen atoms in total. The zero-order valence-electron chi connectivity index (χ0n) is 14.3. The fourth-order valence-electron chi connectivity index (χ4n) is 2.86. The minimum Gasteiger partial charge on any atom is -0.353 e. The Hall–Kier alpha value is -2.64. The van der Waals surface area contributed by atoms with Gasteiger partial charge in [0.25, 0.3) is 0 Å². The molecule has 1 saturated heterocycles. The number of aliphatic imine (C=N–C) groups is 1. The van der Waals surface area contributed by atoms with Gasteiger partial charge in [0, 0.05) is 46.0 Å². The molecule has 0 aliphatic carbocycles. The van der Waals surface area contributed by atoms with E-state index in [1.54, 1.807) is 6.33 Å². The second kappa shape index (κ2) is 7.76. The Kier molecular flexibility index (Phi) is 5.25. The van der Waals surface area contributed by atoms with E-state index in [4.69, 9.17) is 0 Å². The first kappa shape index (κ1) is 16.2. The maximum atomic E-state index is 4.43. The summed E-state index contributed by atoms with van der Waals surface area (Å²) in [4.78, 5) is 13.4. The molecule has 8 heteroatoms. The number of anilines is 1. The quantitative estimate of drug-likeness (QED) is 0.654. The smallest absolute Gasteiger partial charge is 0.194 e. The van der Waals surface area contributed by atoms with Gasteiger partial charge in [0.2, 0.25) is 0 Å². The maximum absolute atomic E-state index is 4.43. The summed E-state index contributed by atoms with van der Waals surface area (Å²) in [5.41, 5.74) is 0. The van der Waals surface area contributed by atoms with Gasteiger partial charge in [-0.05, 0) is 19.1 Å². The molecule has 3 heterocycles. The molecule has 1 N–H and O–H groups in total. The minimum absolute atomic E-state index is 0.626. The molecule has 1 aliphatic heterocycles. The number of nitrogens with one attached hydrogen (secondary N) is 1. The van der Waals surface area contributed by atoms with Crippen LogP contribution >= 0.6 is 0 Å². The lowest BCUT2D eigenvalue weighted by Gasteiger charge is -2.37. The van der Waals surface area contributed by atoms with Gasteiger partial charge >= 0.3 is 0 Å². The lowest BCUT2D eigenvalue weighted by Crippen LogP contribution is -2.52. The van der Waals surface area contributed by atoms with Crippen molar-refractivity contribution in [3.8, 4) is 0 Å². The molecule has 0 aromatic carbocycles. The van der Waals surface area contributed by atoms with Gasteiger partial charge in [-0.25, -0.2) is 4.98 Å². The van der Waals surface area contributed by atoms with Gasteiger partial charge in [-0.15, -0.1) is 10.2 Å². The Morgan fingerprint density at radius 1 is 1.25 bits per heavy atom. The molecule has 2 aromatic rings. The van der Waals surface area contributed by atoms with Crippen LogP contribution in [0.25, 0.3) is 0 Å². The molecule has 0 spiro atoms. The Bertz CT molecular complexity index is 658. The average molecular weight is 328 g/mol. The van der Waals surface area contributed by atoms with E-state index in [1.165, 1.54) is 0 Å². The predicted molar refractivity (Wildman–Crippen MR) is 93.9 cm³/mol. The fourth-order valence-corrected chi connectivity index (χ4v) is 2.86. The van der Waals surface area contributed by atoms with Crippen molar-refractivity contribution in [2.75, 3.05) is 38.1 Å². The second-order valence-electron chi connectivity index (χ2n) is 5.60. The number of piperazine rings is 1. The van der Waals surface area contributed by atoms with Crippen LogP contribution in [0.1, 0.15) is 12.7 Å². The summed E-state index contributed by atoms with van der Waals surface area (Å²) in [5.74, 6) is 2.86. The van der Waals surface area contributed by atoms with Gasteiger partial charge < -0.3 is 19.7 Å². The first-order chi connectivity index (χ1) is 11.8. The fraction of sp³-hybridized carbons (Fsp3) is 0.500. The highest BCUT2D eigenvalue weighted by atomic mass is 15.4. The summed E-state index contributed by atoms with van der Waals surface area (Å²) in [6.07, 6.45) is 3.59. The van der Waals surface area contributed by atoms with E-state index in [9.17, 15) is 0 Å². The summed E-state index contributed by atoms with van der Waals surface area (Å²) in [5, 5.41) is 11.5. The summed E-state index contributed by atoms with van der Waals surface area (Å²) in [7, 11) is 1.82. The monoisotopic (exact) mass is 328 g/mol. The van der Waals surface area contributed by atoms with Gasteiger partial charge in [0.15, 0.2) is 11.8 Å². The molecular formula is C16H24N8. The van der Waals surface area contributed by atoms with Gasteiger partial charge in [0.05, 0.1) is 6.54 Å². The van der Waals surface area contributed by atoms with E-state index in [0.29, 0.717) is 6.54 Å². The highest BCUT2D eigenvalue weighted by molar-refractivity contribution is 5.80.